The highest BCUT2D eigenvalue weighted by atomic mass is 16.3. The number of aromatic nitrogens is 4. The number of rotatable bonds is 6. The maximum absolute atomic E-state index is 12.4. The van der Waals surface area contributed by atoms with Crippen molar-refractivity contribution in [2.75, 3.05) is 6.61 Å². The van der Waals surface area contributed by atoms with Crippen LogP contribution in [0.25, 0.3) is 5.69 Å². The van der Waals surface area contributed by atoms with Gasteiger partial charge < -0.3 is 10.4 Å². The highest BCUT2D eigenvalue weighted by Gasteiger charge is 2.18. The lowest BCUT2D eigenvalue weighted by Gasteiger charge is -2.22. The molecule has 0 spiro atoms. The van der Waals surface area contributed by atoms with E-state index in [0.717, 1.165) is 12.1 Å². The maximum atomic E-state index is 12.4. The molecular formula is C15H21N5O2. The summed E-state index contributed by atoms with van der Waals surface area (Å²) >= 11 is 0. The van der Waals surface area contributed by atoms with Gasteiger partial charge in [0.25, 0.3) is 5.91 Å². The number of hydrogen-bond donors (Lipinski definition) is 2. The number of nitrogens with one attached hydrogen (secondary N) is 1. The van der Waals surface area contributed by atoms with Crippen LogP contribution in [0.4, 0.5) is 0 Å². The van der Waals surface area contributed by atoms with E-state index in [-0.39, 0.29) is 24.5 Å². The van der Waals surface area contributed by atoms with E-state index in [9.17, 15) is 9.90 Å². The van der Waals surface area contributed by atoms with Crippen molar-refractivity contribution in [1.29, 1.82) is 0 Å². The van der Waals surface area contributed by atoms with Gasteiger partial charge in [0.1, 0.15) is 0 Å². The van der Waals surface area contributed by atoms with Crippen LogP contribution in [0.5, 0.6) is 0 Å². The third kappa shape index (κ3) is 3.48. The molecular weight excluding hydrogens is 282 g/mol. The first-order chi connectivity index (χ1) is 10.6. The van der Waals surface area contributed by atoms with E-state index in [1.807, 2.05) is 19.9 Å². The van der Waals surface area contributed by atoms with Crippen molar-refractivity contribution < 1.29 is 9.90 Å². The number of nitrogens with zero attached hydrogens (tertiary/aromatic N) is 4. The molecule has 0 saturated carbocycles. The van der Waals surface area contributed by atoms with Crippen LogP contribution in [0.2, 0.25) is 0 Å². The SMILES string of the molecule is CC[C@H](C)[C@@H](CO)NC(=O)c1cccc(-n2nnnc2C)c1. The predicted molar refractivity (Wildman–Crippen MR) is 81.7 cm³/mol. The number of aryl methyl sites for hydroxylation is 1. The minimum atomic E-state index is -0.254. The first-order valence-electron chi connectivity index (χ1n) is 7.34. The fourth-order valence-corrected chi connectivity index (χ4v) is 2.15. The average molecular weight is 303 g/mol. The van der Waals surface area contributed by atoms with Crippen molar-refractivity contribution in [3.05, 3.63) is 35.7 Å². The predicted octanol–water partition coefficient (Wildman–Crippen LogP) is 1.11. The lowest BCUT2D eigenvalue weighted by Crippen LogP contribution is -2.41. The molecule has 0 saturated heterocycles. The van der Waals surface area contributed by atoms with E-state index in [1.165, 1.54) is 0 Å². The first kappa shape index (κ1) is 16.1. The monoisotopic (exact) mass is 303 g/mol. The molecule has 2 rings (SSSR count). The highest BCUT2D eigenvalue weighted by molar-refractivity contribution is 5.94. The summed E-state index contributed by atoms with van der Waals surface area (Å²) in [6, 6.07) is 6.81. The zero-order valence-electron chi connectivity index (χ0n) is 13.0. The lowest BCUT2D eigenvalue weighted by molar-refractivity contribution is 0.0891. The van der Waals surface area contributed by atoms with Gasteiger partial charge in [0.2, 0.25) is 0 Å². The molecule has 2 atom stereocenters. The molecule has 0 unspecified atom stereocenters. The summed E-state index contributed by atoms with van der Waals surface area (Å²) in [4.78, 5) is 12.4. The minimum absolute atomic E-state index is 0.0768. The van der Waals surface area contributed by atoms with Crippen LogP contribution in [0.15, 0.2) is 24.3 Å². The molecule has 1 amide bonds. The molecule has 2 aromatic rings. The van der Waals surface area contributed by atoms with Gasteiger partial charge in [-0.15, -0.1) is 5.10 Å². The van der Waals surface area contributed by atoms with Crippen molar-refractivity contribution in [1.82, 2.24) is 25.5 Å². The molecule has 1 aromatic carbocycles. The van der Waals surface area contributed by atoms with Gasteiger partial charge in [-0.25, -0.2) is 0 Å². The number of aliphatic hydroxyl groups is 1. The van der Waals surface area contributed by atoms with Gasteiger partial charge in [0.15, 0.2) is 5.82 Å². The van der Waals surface area contributed by atoms with Gasteiger partial charge >= 0.3 is 0 Å². The lowest BCUT2D eigenvalue weighted by atomic mass is 9.99. The Balaban J connectivity index is 2.19. The standard InChI is InChI=1S/C15H21N5O2/c1-4-10(2)14(9-21)16-15(22)12-6-5-7-13(8-12)20-11(3)17-18-19-20/h5-8,10,14,21H,4,9H2,1-3H3,(H,16,22)/t10-,14+/m0/s1. The van der Waals surface area contributed by atoms with E-state index < -0.39 is 0 Å². The average Bonchev–Trinajstić information content (AvgIpc) is 2.97. The van der Waals surface area contributed by atoms with Gasteiger partial charge in [-0.1, -0.05) is 26.3 Å². The zero-order valence-corrected chi connectivity index (χ0v) is 13.0. The normalized spacial score (nSPS) is 13.6. The number of tetrazole rings is 1. The van der Waals surface area contributed by atoms with Crippen LogP contribution in [0.1, 0.15) is 36.5 Å². The Morgan fingerprint density at radius 1 is 1.45 bits per heavy atom. The number of amides is 1. The number of carbonyl (C=O) groups is 1. The van der Waals surface area contributed by atoms with Crippen LogP contribution in [0.3, 0.4) is 0 Å². The van der Waals surface area contributed by atoms with E-state index in [0.29, 0.717) is 11.4 Å². The smallest absolute Gasteiger partial charge is 0.251 e. The van der Waals surface area contributed by atoms with Gasteiger partial charge in [0.05, 0.1) is 18.3 Å². The Morgan fingerprint density at radius 2 is 2.23 bits per heavy atom. The summed E-state index contributed by atoms with van der Waals surface area (Å²) < 4.78 is 1.56. The van der Waals surface area contributed by atoms with Gasteiger partial charge in [-0.3, -0.25) is 4.79 Å². The summed E-state index contributed by atoms with van der Waals surface area (Å²) in [5.74, 6) is 0.635. The maximum Gasteiger partial charge on any atom is 0.251 e. The molecule has 0 aliphatic heterocycles. The van der Waals surface area contributed by atoms with Crippen LogP contribution < -0.4 is 5.32 Å². The largest absolute Gasteiger partial charge is 0.394 e. The van der Waals surface area contributed by atoms with Gasteiger partial charge in [-0.2, -0.15) is 4.68 Å². The second-order valence-corrected chi connectivity index (χ2v) is 5.34. The molecule has 1 aromatic heterocycles. The molecule has 1 heterocycles. The molecule has 7 nitrogen and oxygen atoms in total. The molecule has 0 fully saturated rings. The molecule has 7 heteroatoms. The van der Waals surface area contributed by atoms with Crippen molar-refractivity contribution >= 4 is 5.91 Å². The molecule has 118 valence electrons. The van der Waals surface area contributed by atoms with Crippen molar-refractivity contribution in [3.63, 3.8) is 0 Å². The van der Waals surface area contributed by atoms with Crippen LogP contribution in [0, 0.1) is 12.8 Å². The van der Waals surface area contributed by atoms with E-state index in [4.69, 9.17) is 0 Å². The third-order valence-electron chi connectivity index (χ3n) is 3.82. The number of benzene rings is 1. The van der Waals surface area contributed by atoms with Crippen molar-refractivity contribution in [2.24, 2.45) is 5.92 Å². The molecule has 0 aliphatic rings. The van der Waals surface area contributed by atoms with E-state index in [1.54, 1.807) is 29.8 Å². The number of aliphatic hydroxyl groups excluding tert-OH is 1. The number of hydrogen-bond acceptors (Lipinski definition) is 5. The first-order valence-corrected chi connectivity index (χ1v) is 7.34. The molecule has 0 radical (unpaired) electrons. The third-order valence-corrected chi connectivity index (χ3v) is 3.82. The molecule has 22 heavy (non-hydrogen) atoms. The van der Waals surface area contributed by atoms with Gasteiger partial charge in [0, 0.05) is 5.56 Å². The van der Waals surface area contributed by atoms with E-state index >= 15 is 0 Å². The van der Waals surface area contributed by atoms with Crippen LogP contribution >= 0.6 is 0 Å². The van der Waals surface area contributed by atoms with Gasteiger partial charge in [-0.05, 0) is 41.5 Å². The summed E-state index contributed by atoms with van der Waals surface area (Å²) in [6.45, 7) is 5.74. The summed E-state index contributed by atoms with van der Waals surface area (Å²) in [5.41, 5.74) is 1.23. The Kier molecular flexibility index (Phi) is 5.21. The molecule has 0 aliphatic carbocycles. The fourth-order valence-electron chi connectivity index (χ4n) is 2.15. The Morgan fingerprint density at radius 3 is 2.82 bits per heavy atom. The quantitative estimate of drug-likeness (QED) is 0.834. The van der Waals surface area contributed by atoms with Crippen LogP contribution in [-0.4, -0.2) is 43.9 Å². The number of carbonyl (C=O) groups excluding carboxylic acids is 1. The van der Waals surface area contributed by atoms with Crippen molar-refractivity contribution in [2.45, 2.75) is 33.2 Å². The second-order valence-electron chi connectivity index (χ2n) is 5.34. The fraction of sp³-hybridized carbons (Fsp3) is 0.467. The zero-order chi connectivity index (χ0) is 16.1. The minimum Gasteiger partial charge on any atom is -0.394 e. The van der Waals surface area contributed by atoms with Crippen LogP contribution in [-0.2, 0) is 0 Å². The summed E-state index contributed by atoms with van der Waals surface area (Å²) in [7, 11) is 0. The topological polar surface area (TPSA) is 92.9 Å². The second kappa shape index (κ2) is 7.13. The molecule has 0 bridgehead atoms. The van der Waals surface area contributed by atoms with Crippen molar-refractivity contribution in [3.8, 4) is 5.69 Å². The Labute approximate surface area is 129 Å². The summed E-state index contributed by atoms with van der Waals surface area (Å²) in [5, 5.41) is 23.6. The highest BCUT2D eigenvalue weighted by Crippen LogP contribution is 2.12. The Hall–Kier alpha value is -2.28. The summed E-state index contributed by atoms with van der Waals surface area (Å²) in [6.07, 6.45) is 0.884. The van der Waals surface area contributed by atoms with E-state index in [2.05, 4.69) is 20.8 Å². The molecule has 2 N–H and O–H groups in total. The Bertz CT molecular complexity index is 640.